The molecule has 56 valence electrons. The van der Waals surface area contributed by atoms with E-state index in [1.54, 1.807) is 19.1 Å². The largest absolute Gasteiger partial charge is 0.383 e. The van der Waals surface area contributed by atoms with Crippen molar-refractivity contribution in [1.82, 2.24) is 4.72 Å². The Labute approximate surface area is 61.5 Å². The number of methoxy groups -OCH3 is 1. The van der Waals surface area contributed by atoms with Gasteiger partial charge in [-0.3, -0.25) is 4.72 Å². The van der Waals surface area contributed by atoms with Gasteiger partial charge in [-0.15, -0.1) is 0 Å². The molecule has 0 aromatic heterocycles. The van der Waals surface area contributed by atoms with Crippen LogP contribution in [0.25, 0.3) is 0 Å². The summed E-state index contributed by atoms with van der Waals surface area (Å²) in [4.78, 5) is 0. The predicted molar refractivity (Wildman–Crippen MR) is 42.6 cm³/mol. The SMILES string of the molecule is CCC(COC)NSC. The van der Waals surface area contributed by atoms with Crippen molar-refractivity contribution in [3.05, 3.63) is 0 Å². The first kappa shape index (κ1) is 9.27. The van der Waals surface area contributed by atoms with Crippen molar-refractivity contribution < 1.29 is 4.74 Å². The monoisotopic (exact) mass is 149 g/mol. The van der Waals surface area contributed by atoms with Gasteiger partial charge in [-0.05, 0) is 12.7 Å². The number of rotatable bonds is 5. The van der Waals surface area contributed by atoms with Crippen molar-refractivity contribution in [3.63, 3.8) is 0 Å². The fourth-order valence-electron chi connectivity index (χ4n) is 0.603. The number of hydrogen-bond acceptors (Lipinski definition) is 3. The maximum atomic E-state index is 4.97. The quantitative estimate of drug-likeness (QED) is 0.595. The molecule has 3 heteroatoms. The zero-order valence-electron chi connectivity index (χ0n) is 6.31. The number of ether oxygens (including phenoxy) is 1. The van der Waals surface area contributed by atoms with Crippen molar-refractivity contribution in [2.75, 3.05) is 20.0 Å². The fourth-order valence-corrected chi connectivity index (χ4v) is 1.17. The summed E-state index contributed by atoms with van der Waals surface area (Å²) in [7, 11) is 1.73. The maximum absolute atomic E-state index is 4.97. The molecule has 1 N–H and O–H groups in total. The van der Waals surface area contributed by atoms with E-state index < -0.39 is 0 Å². The molecule has 0 aliphatic heterocycles. The summed E-state index contributed by atoms with van der Waals surface area (Å²) >= 11 is 1.64. The molecule has 0 amide bonds. The Morgan fingerprint density at radius 1 is 1.67 bits per heavy atom. The minimum atomic E-state index is 0.505. The molecule has 0 saturated carbocycles. The molecule has 9 heavy (non-hydrogen) atoms. The predicted octanol–water partition coefficient (Wildman–Crippen LogP) is 1.28. The Morgan fingerprint density at radius 2 is 2.33 bits per heavy atom. The van der Waals surface area contributed by atoms with E-state index in [0.29, 0.717) is 6.04 Å². The van der Waals surface area contributed by atoms with Crippen LogP contribution in [0.3, 0.4) is 0 Å². The molecule has 1 unspecified atom stereocenters. The van der Waals surface area contributed by atoms with Gasteiger partial charge < -0.3 is 4.74 Å². The Hall–Kier alpha value is 0.270. The van der Waals surface area contributed by atoms with Gasteiger partial charge in [-0.2, -0.15) is 0 Å². The summed E-state index contributed by atoms with van der Waals surface area (Å²) in [5.74, 6) is 0. The van der Waals surface area contributed by atoms with Crippen LogP contribution in [0.4, 0.5) is 0 Å². The molecule has 0 aliphatic carbocycles. The topological polar surface area (TPSA) is 21.3 Å². The first-order chi connectivity index (χ1) is 4.35. The third-order valence-corrected chi connectivity index (χ3v) is 1.71. The van der Waals surface area contributed by atoms with Crippen LogP contribution in [0.2, 0.25) is 0 Å². The Balaban J connectivity index is 3.18. The van der Waals surface area contributed by atoms with E-state index in [-0.39, 0.29) is 0 Å². The molecule has 0 aliphatic rings. The molecule has 0 aromatic rings. The molecular formula is C6H15NOS. The average molecular weight is 149 g/mol. The smallest absolute Gasteiger partial charge is 0.0624 e. The van der Waals surface area contributed by atoms with Gasteiger partial charge in [-0.25, -0.2) is 0 Å². The van der Waals surface area contributed by atoms with Gasteiger partial charge >= 0.3 is 0 Å². The van der Waals surface area contributed by atoms with E-state index in [4.69, 9.17) is 4.74 Å². The molecule has 2 nitrogen and oxygen atoms in total. The van der Waals surface area contributed by atoms with Crippen molar-refractivity contribution in [1.29, 1.82) is 0 Å². The molecule has 0 spiro atoms. The summed E-state index contributed by atoms with van der Waals surface area (Å²) in [5, 5.41) is 0. The summed E-state index contributed by atoms with van der Waals surface area (Å²) in [6, 6.07) is 0.505. The van der Waals surface area contributed by atoms with Crippen molar-refractivity contribution >= 4 is 11.9 Å². The van der Waals surface area contributed by atoms with Crippen molar-refractivity contribution in [2.24, 2.45) is 0 Å². The lowest BCUT2D eigenvalue weighted by atomic mass is 10.3. The summed E-state index contributed by atoms with van der Waals surface area (Å²) in [5.41, 5.74) is 0. The summed E-state index contributed by atoms with van der Waals surface area (Å²) in [6.45, 7) is 2.95. The highest BCUT2D eigenvalue weighted by molar-refractivity contribution is 7.96. The lowest BCUT2D eigenvalue weighted by Crippen LogP contribution is -2.26. The highest BCUT2D eigenvalue weighted by Gasteiger charge is 2.01. The second-order valence-electron chi connectivity index (χ2n) is 1.88. The Kier molecular flexibility index (Phi) is 6.58. The third kappa shape index (κ3) is 4.75. The summed E-state index contributed by atoms with van der Waals surface area (Å²) in [6.07, 6.45) is 3.15. The third-order valence-electron chi connectivity index (χ3n) is 1.15. The molecular weight excluding hydrogens is 134 g/mol. The van der Waals surface area contributed by atoms with Gasteiger partial charge in [-0.1, -0.05) is 18.9 Å². The van der Waals surface area contributed by atoms with Gasteiger partial charge in [0.15, 0.2) is 0 Å². The van der Waals surface area contributed by atoms with E-state index in [0.717, 1.165) is 13.0 Å². The molecule has 0 aromatic carbocycles. The first-order valence-electron chi connectivity index (χ1n) is 3.12. The minimum Gasteiger partial charge on any atom is -0.383 e. The normalized spacial score (nSPS) is 13.7. The number of hydrogen-bond donors (Lipinski definition) is 1. The fraction of sp³-hybridized carbons (Fsp3) is 1.00. The molecule has 0 heterocycles. The van der Waals surface area contributed by atoms with Crippen LogP contribution in [0, 0.1) is 0 Å². The van der Waals surface area contributed by atoms with Crippen LogP contribution in [-0.4, -0.2) is 26.0 Å². The zero-order chi connectivity index (χ0) is 7.11. The number of nitrogens with one attached hydrogen (secondary N) is 1. The van der Waals surface area contributed by atoms with Gasteiger partial charge in [0.25, 0.3) is 0 Å². The van der Waals surface area contributed by atoms with Crippen LogP contribution >= 0.6 is 11.9 Å². The second-order valence-corrected chi connectivity index (χ2v) is 2.53. The minimum absolute atomic E-state index is 0.505. The van der Waals surface area contributed by atoms with Crippen LogP contribution in [0.5, 0.6) is 0 Å². The second kappa shape index (κ2) is 6.39. The average Bonchev–Trinajstić information content (AvgIpc) is 1.88. The highest BCUT2D eigenvalue weighted by Crippen LogP contribution is 1.95. The van der Waals surface area contributed by atoms with Gasteiger partial charge in [0.2, 0.25) is 0 Å². The standard InChI is InChI=1S/C6H15NOS/c1-4-6(5-8-2)7-9-3/h6-7H,4-5H2,1-3H3. The van der Waals surface area contributed by atoms with Gasteiger partial charge in [0.05, 0.1) is 6.61 Å². The van der Waals surface area contributed by atoms with E-state index in [9.17, 15) is 0 Å². The van der Waals surface area contributed by atoms with Gasteiger partial charge in [0.1, 0.15) is 0 Å². The van der Waals surface area contributed by atoms with Crippen LogP contribution in [0.15, 0.2) is 0 Å². The maximum Gasteiger partial charge on any atom is 0.0624 e. The van der Waals surface area contributed by atoms with Crippen molar-refractivity contribution in [3.8, 4) is 0 Å². The van der Waals surface area contributed by atoms with Crippen LogP contribution in [0.1, 0.15) is 13.3 Å². The zero-order valence-corrected chi connectivity index (χ0v) is 7.12. The van der Waals surface area contributed by atoms with E-state index in [1.807, 2.05) is 6.26 Å². The first-order valence-corrected chi connectivity index (χ1v) is 4.35. The molecule has 0 radical (unpaired) electrons. The Morgan fingerprint density at radius 3 is 2.67 bits per heavy atom. The molecule has 0 bridgehead atoms. The molecule has 0 fully saturated rings. The lowest BCUT2D eigenvalue weighted by Gasteiger charge is -2.12. The van der Waals surface area contributed by atoms with Crippen LogP contribution in [-0.2, 0) is 4.74 Å². The lowest BCUT2D eigenvalue weighted by molar-refractivity contribution is 0.174. The van der Waals surface area contributed by atoms with Gasteiger partial charge in [0, 0.05) is 13.2 Å². The summed E-state index contributed by atoms with van der Waals surface area (Å²) < 4.78 is 8.20. The molecule has 0 saturated heterocycles. The van der Waals surface area contributed by atoms with Crippen molar-refractivity contribution in [2.45, 2.75) is 19.4 Å². The highest BCUT2D eigenvalue weighted by atomic mass is 32.2. The molecule has 0 rings (SSSR count). The molecule has 1 atom stereocenters. The Bertz CT molecular complexity index is 55.0. The van der Waals surface area contributed by atoms with Crippen LogP contribution < -0.4 is 4.72 Å². The van der Waals surface area contributed by atoms with E-state index in [1.165, 1.54) is 0 Å². The van der Waals surface area contributed by atoms with E-state index in [2.05, 4.69) is 11.6 Å². The van der Waals surface area contributed by atoms with E-state index >= 15 is 0 Å².